The Hall–Kier alpha value is -0.00130. The zero-order chi connectivity index (χ0) is 8.27. The van der Waals surface area contributed by atoms with Crippen molar-refractivity contribution in [2.75, 3.05) is 0 Å². The van der Waals surface area contributed by atoms with Crippen molar-refractivity contribution < 1.29 is 9.92 Å². The minimum absolute atomic E-state index is 0.117. The van der Waals surface area contributed by atoms with Gasteiger partial charge in [0.15, 0.2) is 0 Å². The van der Waals surface area contributed by atoms with Crippen LogP contribution in [0.1, 0.15) is 25.7 Å². The van der Waals surface area contributed by atoms with Gasteiger partial charge < -0.3 is 0 Å². The summed E-state index contributed by atoms with van der Waals surface area (Å²) in [5, 5.41) is 9.27. The molecular formula is C6H11NO3Sn. The first kappa shape index (κ1) is 9.09. The molecule has 0 amide bonds. The van der Waals surface area contributed by atoms with Crippen LogP contribution in [0.3, 0.4) is 0 Å². The van der Waals surface area contributed by atoms with Crippen molar-refractivity contribution in [1.82, 2.24) is 0 Å². The van der Waals surface area contributed by atoms with Crippen LogP contribution in [0.5, 0.6) is 0 Å². The van der Waals surface area contributed by atoms with Crippen LogP contribution in [0.4, 0.5) is 0 Å². The van der Waals surface area contributed by atoms with E-state index < -0.39 is 5.09 Å². The van der Waals surface area contributed by atoms with E-state index in [1.807, 2.05) is 0 Å². The number of hydrogen-bond donors (Lipinski definition) is 0. The Balaban J connectivity index is 2.22. The molecule has 0 heterocycles. The van der Waals surface area contributed by atoms with Crippen molar-refractivity contribution in [3.63, 3.8) is 0 Å². The molecule has 0 atom stereocenters. The molecule has 0 unspecified atom stereocenters. The molecule has 0 aliphatic heterocycles. The van der Waals surface area contributed by atoms with E-state index in [0.29, 0.717) is 0 Å². The van der Waals surface area contributed by atoms with Crippen LogP contribution < -0.4 is 0 Å². The predicted octanol–water partition coefficient (Wildman–Crippen LogP) is 0.827. The topological polar surface area (TPSA) is 52.4 Å². The molecular weight excluding hydrogens is 253 g/mol. The fourth-order valence-electron chi connectivity index (χ4n) is 1.32. The summed E-state index contributed by atoms with van der Waals surface area (Å²) in [4.78, 5) is 14.4. The molecule has 4 nitrogen and oxygen atoms in total. The van der Waals surface area contributed by atoms with Crippen LogP contribution in [-0.2, 0) is 4.84 Å². The first-order valence-corrected chi connectivity index (χ1v) is 5.65. The average molecular weight is 264 g/mol. The van der Waals surface area contributed by atoms with Gasteiger partial charge >= 0.3 is 78.3 Å². The average Bonchev–Trinajstić information content (AvgIpc) is 1.93. The van der Waals surface area contributed by atoms with Gasteiger partial charge in [-0.25, -0.2) is 0 Å². The van der Waals surface area contributed by atoms with Crippen molar-refractivity contribution in [2.45, 2.75) is 35.7 Å². The summed E-state index contributed by atoms with van der Waals surface area (Å²) in [6.07, 6.45) is 3.84. The van der Waals surface area contributed by atoms with E-state index in [1.165, 1.54) is 22.5 Å². The van der Waals surface area contributed by atoms with Gasteiger partial charge in [0, 0.05) is 0 Å². The maximum atomic E-state index is 9.94. The molecule has 0 aromatic carbocycles. The first-order chi connectivity index (χ1) is 5.18. The fourth-order valence-corrected chi connectivity index (χ4v) is 2.41. The van der Waals surface area contributed by atoms with Gasteiger partial charge in [-0.2, -0.15) is 0 Å². The third kappa shape index (κ3) is 3.26. The van der Waals surface area contributed by atoms with Crippen molar-refractivity contribution in [1.29, 1.82) is 0 Å². The summed E-state index contributed by atoms with van der Waals surface area (Å²) in [7, 11) is 0. The maximum absolute atomic E-state index is 9.94. The Kier molecular flexibility index (Phi) is 3.41. The molecule has 1 fully saturated rings. The summed E-state index contributed by atoms with van der Waals surface area (Å²) in [6, 6.07) is 0. The molecule has 0 aromatic heterocycles. The van der Waals surface area contributed by atoms with Gasteiger partial charge in [0.2, 0.25) is 0 Å². The molecule has 1 rings (SSSR count). The van der Waals surface area contributed by atoms with Crippen LogP contribution in [0.25, 0.3) is 0 Å². The molecule has 1 saturated carbocycles. The fraction of sp³-hybridized carbons (Fsp3) is 1.00. The SMILES string of the molecule is O=[N+]([O-])OC1CC[CH]([SnH])CC1. The first-order valence-electron chi connectivity index (χ1n) is 3.75. The van der Waals surface area contributed by atoms with Gasteiger partial charge in [-0.3, -0.25) is 0 Å². The Morgan fingerprint density at radius 1 is 1.36 bits per heavy atom. The zero-order valence-corrected chi connectivity index (χ0v) is 9.53. The molecule has 0 saturated heterocycles. The van der Waals surface area contributed by atoms with Crippen LogP contribution in [0.2, 0.25) is 3.93 Å². The summed E-state index contributed by atoms with van der Waals surface area (Å²) in [5.74, 6) is 0. The van der Waals surface area contributed by atoms with Crippen LogP contribution in [0.15, 0.2) is 0 Å². The summed E-state index contributed by atoms with van der Waals surface area (Å²) in [5.41, 5.74) is 0. The molecule has 0 bridgehead atoms. The Bertz CT molecular complexity index is 145. The number of nitrogens with zero attached hydrogens (tertiary/aromatic N) is 1. The van der Waals surface area contributed by atoms with Crippen molar-refractivity contribution in [2.24, 2.45) is 0 Å². The van der Waals surface area contributed by atoms with E-state index in [1.54, 1.807) is 0 Å². The predicted molar refractivity (Wildman–Crippen MR) is 41.2 cm³/mol. The summed E-state index contributed by atoms with van der Waals surface area (Å²) >= 11 is 1.28. The van der Waals surface area contributed by atoms with Crippen molar-refractivity contribution >= 4 is 22.5 Å². The zero-order valence-electron chi connectivity index (χ0n) is 6.23. The molecule has 1 aliphatic carbocycles. The van der Waals surface area contributed by atoms with Gasteiger partial charge in [-0.15, -0.1) is 0 Å². The second-order valence-electron chi connectivity index (χ2n) is 2.87. The monoisotopic (exact) mass is 265 g/mol. The third-order valence-corrected chi connectivity index (χ3v) is 3.86. The van der Waals surface area contributed by atoms with E-state index >= 15 is 0 Å². The van der Waals surface area contributed by atoms with Crippen LogP contribution in [0, 0.1) is 10.1 Å². The molecule has 11 heavy (non-hydrogen) atoms. The van der Waals surface area contributed by atoms with Crippen molar-refractivity contribution in [3.8, 4) is 0 Å². The quantitative estimate of drug-likeness (QED) is 0.421. The third-order valence-electron chi connectivity index (χ3n) is 1.95. The van der Waals surface area contributed by atoms with Crippen LogP contribution in [-0.4, -0.2) is 33.7 Å². The van der Waals surface area contributed by atoms with Crippen LogP contribution >= 0.6 is 0 Å². The molecule has 5 heteroatoms. The molecule has 62 valence electrons. The van der Waals surface area contributed by atoms with E-state index in [-0.39, 0.29) is 6.10 Å². The standard InChI is InChI=1S/C6H10NO3.Sn.H/c8-7(9)10-6-4-2-1-3-5-6;;/h1,6H,2-5H2;;. The van der Waals surface area contributed by atoms with Gasteiger partial charge in [0.05, 0.1) is 0 Å². The van der Waals surface area contributed by atoms with E-state index in [0.717, 1.165) is 29.6 Å². The van der Waals surface area contributed by atoms with E-state index in [4.69, 9.17) is 0 Å². The Morgan fingerprint density at radius 2 is 1.91 bits per heavy atom. The molecule has 0 spiro atoms. The second-order valence-corrected chi connectivity index (χ2v) is 5.56. The van der Waals surface area contributed by atoms with Gasteiger partial charge in [0.1, 0.15) is 0 Å². The molecule has 0 aromatic rings. The second kappa shape index (κ2) is 4.13. The Labute approximate surface area is 78.5 Å². The molecule has 0 N–H and O–H groups in total. The Morgan fingerprint density at radius 3 is 2.36 bits per heavy atom. The summed E-state index contributed by atoms with van der Waals surface area (Å²) < 4.78 is 0.840. The number of rotatable bonds is 2. The normalized spacial score (nSPS) is 31.4. The van der Waals surface area contributed by atoms with E-state index in [2.05, 4.69) is 4.84 Å². The number of hydrogen-bond acceptors (Lipinski definition) is 3. The van der Waals surface area contributed by atoms with E-state index in [9.17, 15) is 10.1 Å². The summed E-state index contributed by atoms with van der Waals surface area (Å²) in [6.45, 7) is 0. The molecule has 2 radical (unpaired) electrons. The van der Waals surface area contributed by atoms with Gasteiger partial charge in [0.25, 0.3) is 0 Å². The minimum atomic E-state index is -0.669. The van der Waals surface area contributed by atoms with Gasteiger partial charge in [-0.1, -0.05) is 0 Å². The molecule has 1 aliphatic rings. The van der Waals surface area contributed by atoms with Crippen molar-refractivity contribution in [3.05, 3.63) is 10.1 Å². The van der Waals surface area contributed by atoms with Gasteiger partial charge in [-0.05, 0) is 0 Å².